The first-order valence-electron chi connectivity index (χ1n) is 9.69. The molecule has 1 amide bonds. The molecule has 28 heavy (non-hydrogen) atoms. The lowest BCUT2D eigenvalue weighted by Crippen LogP contribution is -2.49. The first kappa shape index (κ1) is 18.8. The second-order valence-corrected chi connectivity index (χ2v) is 7.78. The molecule has 1 aromatic carbocycles. The molecule has 4 rings (SSSR count). The molecule has 2 fully saturated rings. The van der Waals surface area contributed by atoms with E-state index < -0.39 is 0 Å². The van der Waals surface area contributed by atoms with Crippen molar-refractivity contribution in [3.05, 3.63) is 53.6 Å². The quantitative estimate of drug-likeness (QED) is 0.793. The van der Waals surface area contributed by atoms with Gasteiger partial charge in [-0.05, 0) is 43.5 Å². The van der Waals surface area contributed by atoms with Gasteiger partial charge in [0.2, 0.25) is 5.91 Å². The van der Waals surface area contributed by atoms with E-state index in [9.17, 15) is 9.18 Å². The molecule has 2 aromatic rings. The van der Waals surface area contributed by atoms with E-state index in [0.29, 0.717) is 12.6 Å². The molecule has 1 atom stereocenters. The number of ether oxygens (including phenoxy) is 1. The zero-order valence-corrected chi connectivity index (χ0v) is 16.1. The summed E-state index contributed by atoms with van der Waals surface area (Å²) in [6.07, 6.45) is 6.37. The monoisotopic (exact) mass is 384 g/mol. The average Bonchev–Trinajstić information content (AvgIpc) is 3.11. The highest BCUT2D eigenvalue weighted by Gasteiger charge is 2.48. The van der Waals surface area contributed by atoms with Crippen LogP contribution >= 0.6 is 0 Å². The van der Waals surface area contributed by atoms with Crippen molar-refractivity contribution in [2.45, 2.75) is 32.4 Å². The normalized spacial score (nSPS) is 22.8. The van der Waals surface area contributed by atoms with Gasteiger partial charge in [-0.25, -0.2) is 14.4 Å². The van der Waals surface area contributed by atoms with E-state index in [1.165, 1.54) is 12.1 Å². The molecule has 0 N–H and O–H groups in total. The van der Waals surface area contributed by atoms with Crippen molar-refractivity contribution in [2.24, 2.45) is 5.41 Å². The van der Waals surface area contributed by atoms with Gasteiger partial charge in [-0.1, -0.05) is 12.1 Å². The third-order valence-corrected chi connectivity index (χ3v) is 5.81. The van der Waals surface area contributed by atoms with Gasteiger partial charge in [-0.15, -0.1) is 0 Å². The van der Waals surface area contributed by atoms with Crippen LogP contribution in [0, 0.1) is 11.2 Å². The summed E-state index contributed by atoms with van der Waals surface area (Å²) in [4.78, 5) is 25.9. The van der Waals surface area contributed by atoms with Crippen LogP contribution in [0.15, 0.2) is 36.7 Å². The number of carbonyl (C=O) groups excluding carboxylic acids is 1. The van der Waals surface area contributed by atoms with Crippen molar-refractivity contribution < 1.29 is 13.9 Å². The smallest absolute Gasteiger partial charge is 0.316 e. The van der Waals surface area contributed by atoms with Gasteiger partial charge in [-0.3, -0.25) is 9.69 Å². The Morgan fingerprint density at radius 1 is 1.07 bits per heavy atom. The van der Waals surface area contributed by atoms with Crippen LogP contribution in [0.25, 0.3) is 0 Å². The standard InChI is InChI=1S/C21H25FN4O2/c1-28-20-23-11-17(12-24-20)13-25-10-8-21(15-25)7-2-9-26(19(21)27)14-16-3-5-18(22)6-4-16/h3-6,11-12H,2,7-10,13-15H2,1H3. The SMILES string of the molecule is COc1ncc(CN2CCC3(CCCN(Cc4ccc(F)cc4)C3=O)C2)cn1. The van der Waals surface area contributed by atoms with E-state index in [1.54, 1.807) is 31.6 Å². The van der Waals surface area contributed by atoms with Crippen molar-refractivity contribution >= 4 is 5.91 Å². The number of methoxy groups -OCH3 is 1. The molecule has 0 bridgehead atoms. The van der Waals surface area contributed by atoms with E-state index in [2.05, 4.69) is 14.9 Å². The lowest BCUT2D eigenvalue weighted by Gasteiger charge is -2.39. The number of aromatic nitrogens is 2. The number of likely N-dealkylation sites (tertiary alicyclic amines) is 2. The van der Waals surface area contributed by atoms with E-state index >= 15 is 0 Å². The predicted octanol–water partition coefficient (Wildman–Crippen LogP) is 2.64. The van der Waals surface area contributed by atoms with Crippen LogP contribution in [-0.2, 0) is 17.9 Å². The Balaban J connectivity index is 1.41. The molecule has 0 radical (unpaired) electrons. The van der Waals surface area contributed by atoms with E-state index in [4.69, 9.17) is 4.74 Å². The minimum Gasteiger partial charge on any atom is -0.467 e. The number of hydrogen-bond donors (Lipinski definition) is 0. The summed E-state index contributed by atoms with van der Waals surface area (Å²) in [5, 5.41) is 0. The second kappa shape index (κ2) is 7.83. The van der Waals surface area contributed by atoms with Gasteiger partial charge in [0.15, 0.2) is 0 Å². The topological polar surface area (TPSA) is 58.6 Å². The fourth-order valence-electron chi connectivity index (χ4n) is 4.37. The Labute approximate surface area is 164 Å². The summed E-state index contributed by atoms with van der Waals surface area (Å²) >= 11 is 0. The number of benzene rings is 1. The number of hydrogen-bond acceptors (Lipinski definition) is 5. The van der Waals surface area contributed by atoms with Gasteiger partial charge < -0.3 is 9.64 Å². The number of carbonyl (C=O) groups is 1. The summed E-state index contributed by atoms with van der Waals surface area (Å²) in [5.41, 5.74) is 1.69. The van der Waals surface area contributed by atoms with Crippen LogP contribution in [-0.4, -0.2) is 52.4 Å². The lowest BCUT2D eigenvalue weighted by molar-refractivity contribution is -0.146. The molecular weight excluding hydrogens is 359 g/mol. The number of amides is 1. The zero-order chi connectivity index (χ0) is 19.6. The molecular formula is C21H25FN4O2. The van der Waals surface area contributed by atoms with Gasteiger partial charge in [0.25, 0.3) is 0 Å². The van der Waals surface area contributed by atoms with Crippen LogP contribution < -0.4 is 4.74 Å². The molecule has 0 saturated carbocycles. The fourth-order valence-corrected chi connectivity index (χ4v) is 4.37. The maximum atomic E-state index is 13.3. The molecule has 0 aliphatic carbocycles. The molecule has 3 heterocycles. The van der Waals surface area contributed by atoms with Crippen molar-refractivity contribution in [2.75, 3.05) is 26.7 Å². The number of piperidine rings is 1. The molecule has 7 heteroatoms. The summed E-state index contributed by atoms with van der Waals surface area (Å²) in [5.74, 6) is -0.0179. The summed E-state index contributed by atoms with van der Waals surface area (Å²) < 4.78 is 18.1. The highest BCUT2D eigenvalue weighted by atomic mass is 19.1. The number of halogens is 1. The molecule has 6 nitrogen and oxygen atoms in total. The van der Waals surface area contributed by atoms with Gasteiger partial charge in [-0.2, -0.15) is 0 Å². The minimum absolute atomic E-state index is 0.233. The summed E-state index contributed by atoms with van der Waals surface area (Å²) in [6, 6.07) is 6.78. The maximum absolute atomic E-state index is 13.3. The Morgan fingerprint density at radius 3 is 2.54 bits per heavy atom. The third kappa shape index (κ3) is 3.85. The predicted molar refractivity (Wildman–Crippen MR) is 102 cm³/mol. The Kier molecular flexibility index (Phi) is 5.26. The largest absolute Gasteiger partial charge is 0.467 e. The van der Waals surface area contributed by atoms with Crippen molar-refractivity contribution in [3.63, 3.8) is 0 Å². The van der Waals surface area contributed by atoms with Crippen LogP contribution in [0.2, 0.25) is 0 Å². The average molecular weight is 384 g/mol. The Morgan fingerprint density at radius 2 is 1.82 bits per heavy atom. The molecule has 1 unspecified atom stereocenters. The Hall–Kier alpha value is -2.54. The summed E-state index contributed by atoms with van der Waals surface area (Å²) in [6.45, 7) is 3.70. The highest BCUT2D eigenvalue weighted by Crippen LogP contribution is 2.40. The minimum atomic E-state index is -0.300. The molecule has 2 aliphatic rings. The molecule has 148 valence electrons. The number of rotatable bonds is 5. The van der Waals surface area contributed by atoms with Crippen LogP contribution in [0.5, 0.6) is 6.01 Å². The first-order chi connectivity index (χ1) is 13.6. The van der Waals surface area contributed by atoms with E-state index in [-0.39, 0.29) is 17.1 Å². The first-order valence-corrected chi connectivity index (χ1v) is 9.69. The van der Waals surface area contributed by atoms with Crippen LogP contribution in [0.3, 0.4) is 0 Å². The lowest BCUT2D eigenvalue weighted by atomic mass is 9.78. The van der Waals surface area contributed by atoms with Gasteiger partial charge in [0.1, 0.15) is 5.82 Å². The number of nitrogens with zero attached hydrogens (tertiary/aromatic N) is 4. The van der Waals surface area contributed by atoms with Crippen LogP contribution in [0.1, 0.15) is 30.4 Å². The van der Waals surface area contributed by atoms with Crippen LogP contribution in [0.4, 0.5) is 4.39 Å². The Bertz CT molecular complexity index is 827. The van der Waals surface area contributed by atoms with E-state index in [0.717, 1.165) is 56.6 Å². The molecule has 2 saturated heterocycles. The second-order valence-electron chi connectivity index (χ2n) is 7.78. The van der Waals surface area contributed by atoms with Crippen molar-refractivity contribution in [1.82, 2.24) is 19.8 Å². The molecule has 1 aromatic heterocycles. The van der Waals surface area contributed by atoms with Gasteiger partial charge in [0.05, 0.1) is 12.5 Å². The maximum Gasteiger partial charge on any atom is 0.316 e. The summed E-state index contributed by atoms with van der Waals surface area (Å²) in [7, 11) is 1.55. The van der Waals surface area contributed by atoms with E-state index in [1.807, 2.05) is 4.90 Å². The molecule has 1 spiro atoms. The van der Waals surface area contributed by atoms with Crippen molar-refractivity contribution in [3.8, 4) is 6.01 Å². The molecule has 2 aliphatic heterocycles. The van der Waals surface area contributed by atoms with Gasteiger partial charge >= 0.3 is 6.01 Å². The fraction of sp³-hybridized carbons (Fsp3) is 0.476. The highest BCUT2D eigenvalue weighted by molar-refractivity contribution is 5.84. The van der Waals surface area contributed by atoms with Crippen molar-refractivity contribution in [1.29, 1.82) is 0 Å². The zero-order valence-electron chi connectivity index (χ0n) is 16.1. The van der Waals surface area contributed by atoms with Gasteiger partial charge in [0, 0.05) is 44.1 Å². The third-order valence-electron chi connectivity index (χ3n) is 5.81.